The van der Waals surface area contributed by atoms with Gasteiger partial charge in [0, 0.05) is 12.1 Å². The minimum Gasteiger partial charge on any atom is -0.497 e. The summed E-state index contributed by atoms with van der Waals surface area (Å²) < 4.78 is 10.1. The molecule has 1 N–H and O–H groups in total. The average molecular weight is 558 g/mol. The summed E-state index contributed by atoms with van der Waals surface area (Å²) in [6, 6.07) is 19.7. The zero-order valence-corrected chi connectivity index (χ0v) is 22.1. The quantitative estimate of drug-likeness (QED) is 0.185. The molecule has 1 saturated carbocycles. The molecule has 2 fully saturated rings. The van der Waals surface area contributed by atoms with Gasteiger partial charge in [-0.2, -0.15) is 0 Å². The lowest BCUT2D eigenvalue weighted by Gasteiger charge is -2.28. The van der Waals surface area contributed by atoms with E-state index in [0.29, 0.717) is 24.3 Å². The van der Waals surface area contributed by atoms with E-state index < -0.39 is 23.4 Å². The van der Waals surface area contributed by atoms with Gasteiger partial charge < -0.3 is 14.8 Å². The largest absolute Gasteiger partial charge is 0.497 e. The van der Waals surface area contributed by atoms with Gasteiger partial charge in [-0.25, -0.2) is 4.79 Å². The summed E-state index contributed by atoms with van der Waals surface area (Å²) in [4.78, 5) is 63.1. The first-order valence-corrected chi connectivity index (χ1v) is 13.1. The van der Waals surface area contributed by atoms with Gasteiger partial charge in [-0.15, -0.1) is 0 Å². The van der Waals surface area contributed by atoms with Crippen LogP contribution in [0.25, 0.3) is 0 Å². The van der Waals surface area contributed by atoms with Crippen LogP contribution in [0.1, 0.15) is 41.1 Å². The molecule has 11 nitrogen and oxygen atoms in total. The number of nitro groups is 1. The highest BCUT2D eigenvalue weighted by molar-refractivity contribution is 6.22. The van der Waals surface area contributed by atoms with E-state index in [-0.39, 0.29) is 46.5 Å². The Morgan fingerprint density at radius 2 is 1.68 bits per heavy atom. The van der Waals surface area contributed by atoms with E-state index in [0.717, 1.165) is 6.42 Å². The standard InChI is InChI=1S/C30H27N3O8/c1-40-22-12-14-26(33(38)39)25(16-22)31-27(34)17-41-30(37)19-7-10-21(11-8-19)32-28(35)23-13-9-20(15-24(23)29(32)36)18-5-3-2-4-6-18/h2-8,10-12,14,16,20,23-24H,9,13,15,17H2,1H3,(H,31,34)/t20-,23-,24+/m1/s1. The molecule has 1 aliphatic heterocycles. The number of benzene rings is 3. The van der Waals surface area contributed by atoms with Gasteiger partial charge >= 0.3 is 5.97 Å². The second-order valence-electron chi connectivity index (χ2n) is 9.96. The van der Waals surface area contributed by atoms with Crippen molar-refractivity contribution in [1.82, 2.24) is 0 Å². The van der Waals surface area contributed by atoms with Crippen LogP contribution in [0.2, 0.25) is 0 Å². The molecule has 5 rings (SSSR count). The molecule has 3 amide bonds. The number of hydrogen-bond donors (Lipinski definition) is 1. The van der Waals surface area contributed by atoms with Crippen LogP contribution in [0.15, 0.2) is 72.8 Å². The highest BCUT2D eigenvalue weighted by Gasteiger charge is 2.50. The topological polar surface area (TPSA) is 145 Å². The van der Waals surface area contributed by atoms with Crippen LogP contribution in [0.4, 0.5) is 17.1 Å². The zero-order valence-electron chi connectivity index (χ0n) is 22.1. The highest BCUT2D eigenvalue weighted by Crippen LogP contribution is 2.45. The molecule has 1 saturated heterocycles. The maximum atomic E-state index is 13.3. The van der Waals surface area contributed by atoms with E-state index in [1.807, 2.05) is 30.3 Å². The number of ether oxygens (including phenoxy) is 2. The summed E-state index contributed by atoms with van der Waals surface area (Å²) in [7, 11) is 1.38. The zero-order chi connectivity index (χ0) is 29.1. The summed E-state index contributed by atoms with van der Waals surface area (Å²) in [5, 5.41) is 13.6. The fourth-order valence-electron chi connectivity index (χ4n) is 5.51. The Morgan fingerprint density at radius 3 is 2.37 bits per heavy atom. The summed E-state index contributed by atoms with van der Waals surface area (Å²) in [6.45, 7) is -0.690. The fourth-order valence-corrected chi connectivity index (χ4v) is 5.51. The number of methoxy groups -OCH3 is 1. The molecule has 0 unspecified atom stereocenters. The van der Waals surface area contributed by atoms with E-state index >= 15 is 0 Å². The van der Waals surface area contributed by atoms with Crippen LogP contribution in [0.3, 0.4) is 0 Å². The third-order valence-corrected chi connectivity index (χ3v) is 7.57. The van der Waals surface area contributed by atoms with Gasteiger partial charge in [-0.3, -0.25) is 29.4 Å². The lowest BCUT2D eigenvalue weighted by molar-refractivity contribution is -0.383. The van der Waals surface area contributed by atoms with Gasteiger partial charge in [-0.05, 0) is 61.1 Å². The number of carbonyl (C=O) groups is 4. The van der Waals surface area contributed by atoms with Crippen molar-refractivity contribution in [2.45, 2.75) is 25.2 Å². The smallest absolute Gasteiger partial charge is 0.338 e. The number of amides is 3. The molecule has 2 aliphatic rings. The van der Waals surface area contributed by atoms with Crippen LogP contribution in [0.5, 0.6) is 5.75 Å². The minimum absolute atomic E-state index is 0.102. The van der Waals surface area contributed by atoms with Gasteiger partial charge in [-0.1, -0.05) is 30.3 Å². The van der Waals surface area contributed by atoms with Crippen molar-refractivity contribution in [1.29, 1.82) is 0 Å². The first kappa shape index (κ1) is 27.5. The maximum absolute atomic E-state index is 13.3. The number of fused-ring (bicyclic) bond motifs is 1. The Bertz CT molecular complexity index is 1510. The molecule has 3 aromatic rings. The second-order valence-corrected chi connectivity index (χ2v) is 9.96. The lowest BCUT2D eigenvalue weighted by Crippen LogP contribution is -2.30. The number of nitrogens with one attached hydrogen (secondary N) is 1. The van der Waals surface area contributed by atoms with Crippen LogP contribution in [0, 0.1) is 22.0 Å². The number of rotatable bonds is 8. The van der Waals surface area contributed by atoms with Crippen LogP contribution in [-0.2, 0) is 19.1 Å². The first-order chi connectivity index (χ1) is 19.8. The van der Waals surface area contributed by atoms with Crippen LogP contribution >= 0.6 is 0 Å². The van der Waals surface area contributed by atoms with E-state index in [2.05, 4.69) is 5.32 Å². The number of hydrogen-bond acceptors (Lipinski definition) is 8. The molecular formula is C30H27N3O8. The molecule has 3 aromatic carbocycles. The van der Waals surface area contributed by atoms with Crippen molar-refractivity contribution in [3.63, 3.8) is 0 Å². The van der Waals surface area contributed by atoms with Crippen LogP contribution < -0.4 is 15.0 Å². The van der Waals surface area contributed by atoms with Crippen LogP contribution in [-0.4, -0.2) is 42.3 Å². The molecule has 1 aliphatic carbocycles. The van der Waals surface area contributed by atoms with Gasteiger partial charge in [0.1, 0.15) is 11.4 Å². The Balaban J connectivity index is 1.20. The molecule has 1 heterocycles. The van der Waals surface area contributed by atoms with Crippen molar-refractivity contribution in [3.05, 3.63) is 94.0 Å². The first-order valence-electron chi connectivity index (χ1n) is 13.1. The normalized spacial score (nSPS) is 19.8. The van der Waals surface area contributed by atoms with Crippen molar-refractivity contribution in [3.8, 4) is 5.75 Å². The number of nitrogens with zero attached hydrogens (tertiary/aromatic N) is 2. The van der Waals surface area contributed by atoms with Gasteiger partial charge in [0.15, 0.2) is 6.61 Å². The van der Waals surface area contributed by atoms with Crippen molar-refractivity contribution >= 4 is 40.8 Å². The summed E-state index contributed by atoms with van der Waals surface area (Å²) in [5.74, 6) is -2.28. The van der Waals surface area contributed by atoms with Gasteiger partial charge in [0.05, 0.1) is 35.1 Å². The number of anilines is 2. The number of imide groups is 1. The van der Waals surface area contributed by atoms with E-state index in [1.165, 1.54) is 60.0 Å². The fraction of sp³-hybridized carbons (Fsp3) is 0.267. The third kappa shape index (κ3) is 5.65. The average Bonchev–Trinajstić information content (AvgIpc) is 3.24. The lowest BCUT2D eigenvalue weighted by atomic mass is 9.73. The molecule has 0 spiro atoms. The molecule has 0 aromatic heterocycles. The van der Waals surface area contributed by atoms with Gasteiger partial charge in [0.2, 0.25) is 11.8 Å². The van der Waals surface area contributed by atoms with E-state index in [1.54, 1.807) is 0 Å². The van der Waals surface area contributed by atoms with E-state index in [9.17, 15) is 29.3 Å². The van der Waals surface area contributed by atoms with Crippen molar-refractivity contribution < 1.29 is 33.6 Å². The Morgan fingerprint density at radius 1 is 0.976 bits per heavy atom. The number of nitro benzene ring substituents is 1. The molecule has 3 atom stereocenters. The Labute approximate surface area is 235 Å². The summed E-state index contributed by atoms with van der Waals surface area (Å²) >= 11 is 0. The maximum Gasteiger partial charge on any atom is 0.338 e. The van der Waals surface area contributed by atoms with Crippen molar-refractivity contribution in [2.75, 3.05) is 23.9 Å². The Hall–Kier alpha value is -5.06. The summed E-state index contributed by atoms with van der Waals surface area (Å²) in [6.07, 6.45) is 2.08. The predicted octanol–water partition coefficient (Wildman–Crippen LogP) is 4.47. The molecule has 11 heteroatoms. The monoisotopic (exact) mass is 557 g/mol. The number of carbonyl (C=O) groups excluding carboxylic acids is 4. The molecule has 41 heavy (non-hydrogen) atoms. The minimum atomic E-state index is -0.815. The molecular weight excluding hydrogens is 530 g/mol. The molecule has 0 bridgehead atoms. The Kier molecular flexibility index (Phi) is 7.77. The second kappa shape index (κ2) is 11.6. The third-order valence-electron chi connectivity index (χ3n) is 7.57. The molecule has 210 valence electrons. The SMILES string of the molecule is COc1ccc([N+](=O)[O-])c(NC(=O)COC(=O)c2ccc(N3C(=O)[C@H]4C[C@H](c5ccccc5)CC[C@H]4C3=O)cc2)c1. The van der Waals surface area contributed by atoms with E-state index in [4.69, 9.17) is 9.47 Å². The van der Waals surface area contributed by atoms with Gasteiger partial charge in [0.25, 0.3) is 11.6 Å². The van der Waals surface area contributed by atoms with Crippen molar-refractivity contribution in [2.24, 2.45) is 11.8 Å². The highest BCUT2D eigenvalue weighted by atomic mass is 16.6. The summed E-state index contributed by atoms with van der Waals surface area (Å²) in [5.41, 5.74) is 1.20. The predicted molar refractivity (Wildman–Crippen MR) is 148 cm³/mol. The number of esters is 1. The molecule has 0 radical (unpaired) electrons.